The van der Waals surface area contributed by atoms with Crippen LogP contribution in [0.3, 0.4) is 0 Å². The number of methoxy groups -OCH3 is 2. The fourth-order valence-corrected chi connectivity index (χ4v) is 3.51. The van der Waals surface area contributed by atoms with Crippen LogP contribution in [0.4, 0.5) is 0 Å². The van der Waals surface area contributed by atoms with E-state index in [9.17, 15) is 0 Å². The fraction of sp³-hybridized carbons (Fsp3) is 0.304. The molecule has 0 aliphatic heterocycles. The zero-order valence-corrected chi connectivity index (χ0v) is 15.6. The summed E-state index contributed by atoms with van der Waals surface area (Å²) >= 11 is 0. The van der Waals surface area contributed by atoms with Crippen LogP contribution in [0.1, 0.15) is 35.6 Å². The van der Waals surface area contributed by atoms with Gasteiger partial charge in [0.25, 0.3) is 0 Å². The number of fused-ring (bicyclic) bond motifs is 1. The summed E-state index contributed by atoms with van der Waals surface area (Å²) in [7, 11) is 3.43. The maximum absolute atomic E-state index is 5.67. The van der Waals surface area contributed by atoms with Gasteiger partial charge in [-0.3, -0.25) is 0 Å². The van der Waals surface area contributed by atoms with E-state index in [1.807, 2.05) is 0 Å². The first-order valence-electron chi connectivity index (χ1n) is 8.89. The van der Waals surface area contributed by atoms with Crippen LogP contribution in [-0.2, 0) is 12.8 Å². The van der Waals surface area contributed by atoms with Gasteiger partial charge in [0.05, 0.1) is 14.2 Å². The third-order valence-corrected chi connectivity index (χ3v) is 4.78. The van der Waals surface area contributed by atoms with E-state index in [0.29, 0.717) is 0 Å². The topological polar surface area (TPSA) is 18.5 Å². The third-order valence-electron chi connectivity index (χ3n) is 4.78. The van der Waals surface area contributed by atoms with Gasteiger partial charge < -0.3 is 9.47 Å². The maximum Gasteiger partial charge on any atom is 0.164 e. The van der Waals surface area contributed by atoms with Crippen LogP contribution in [0.15, 0.2) is 48.5 Å². The number of benzene rings is 3. The first-order valence-corrected chi connectivity index (χ1v) is 8.89. The van der Waals surface area contributed by atoms with Crippen molar-refractivity contribution in [1.82, 2.24) is 0 Å². The van der Waals surface area contributed by atoms with Crippen molar-refractivity contribution in [2.75, 3.05) is 14.2 Å². The average molecular weight is 334 g/mol. The summed E-state index contributed by atoms with van der Waals surface area (Å²) in [5, 5.41) is 2.49. The highest BCUT2D eigenvalue weighted by atomic mass is 16.5. The lowest BCUT2D eigenvalue weighted by Crippen LogP contribution is -1.99. The van der Waals surface area contributed by atoms with Gasteiger partial charge in [0.2, 0.25) is 0 Å². The standard InChI is InChI=1S/C23H26O2/c1-5-9-20-21-12-16(2)18(13-17-10-7-6-8-11-17)14-19(21)15-22(24-3)23(20)25-4/h6-8,10-12,14-15H,5,9,13H2,1-4H3. The largest absolute Gasteiger partial charge is 0.493 e. The Morgan fingerprint density at radius 2 is 1.68 bits per heavy atom. The highest BCUT2D eigenvalue weighted by Crippen LogP contribution is 2.39. The van der Waals surface area contributed by atoms with Crippen molar-refractivity contribution in [3.05, 3.63) is 70.8 Å². The fourth-order valence-electron chi connectivity index (χ4n) is 3.51. The molecule has 0 radical (unpaired) electrons. The second-order valence-corrected chi connectivity index (χ2v) is 6.50. The van der Waals surface area contributed by atoms with Gasteiger partial charge in [0.1, 0.15) is 0 Å². The minimum Gasteiger partial charge on any atom is -0.493 e. The maximum atomic E-state index is 5.67. The summed E-state index contributed by atoms with van der Waals surface area (Å²) in [5.41, 5.74) is 5.25. The molecule has 3 aromatic carbocycles. The van der Waals surface area contributed by atoms with E-state index < -0.39 is 0 Å². The van der Waals surface area contributed by atoms with Crippen LogP contribution in [0.25, 0.3) is 10.8 Å². The third kappa shape index (κ3) is 3.48. The molecular formula is C23H26O2. The van der Waals surface area contributed by atoms with Crippen LogP contribution in [0.5, 0.6) is 11.5 Å². The molecule has 25 heavy (non-hydrogen) atoms. The number of ether oxygens (including phenoxy) is 2. The van der Waals surface area contributed by atoms with E-state index in [-0.39, 0.29) is 0 Å². The summed E-state index contributed by atoms with van der Waals surface area (Å²) in [6, 6.07) is 17.3. The predicted octanol–water partition coefficient (Wildman–Crippen LogP) is 5.71. The molecule has 0 fully saturated rings. The molecule has 0 heterocycles. The van der Waals surface area contributed by atoms with Crippen LogP contribution < -0.4 is 9.47 Å². The molecule has 0 N–H and O–H groups in total. The smallest absolute Gasteiger partial charge is 0.164 e. The van der Waals surface area contributed by atoms with E-state index in [1.54, 1.807) is 14.2 Å². The molecule has 3 aromatic rings. The Labute approximate surface area is 150 Å². The second-order valence-electron chi connectivity index (χ2n) is 6.50. The molecule has 0 bridgehead atoms. The number of hydrogen-bond acceptors (Lipinski definition) is 2. The Morgan fingerprint density at radius 1 is 0.920 bits per heavy atom. The quantitative estimate of drug-likeness (QED) is 0.575. The summed E-state index contributed by atoms with van der Waals surface area (Å²) in [6.45, 7) is 4.39. The molecule has 0 spiro atoms. The average Bonchev–Trinajstić information content (AvgIpc) is 2.63. The van der Waals surface area contributed by atoms with Crippen molar-refractivity contribution >= 4 is 10.8 Å². The first kappa shape index (κ1) is 17.3. The van der Waals surface area contributed by atoms with E-state index in [4.69, 9.17) is 9.47 Å². The van der Waals surface area contributed by atoms with Gasteiger partial charge in [0.15, 0.2) is 11.5 Å². The minimum atomic E-state index is 0.813. The van der Waals surface area contributed by atoms with Gasteiger partial charge in [0, 0.05) is 5.56 Å². The van der Waals surface area contributed by atoms with Gasteiger partial charge >= 0.3 is 0 Å². The Bertz CT molecular complexity index is 866. The number of aryl methyl sites for hydroxylation is 2. The molecule has 130 valence electrons. The first-order chi connectivity index (χ1) is 12.2. The zero-order chi connectivity index (χ0) is 17.8. The lowest BCUT2D eigenvalue weighted by atomic mass is 9.92. The molecule has 2 nitrogen and oxygen atoms in total. The molecule has 0 atom stereocenters. The molecule has 0 unspecified atom stereocenters. The molecule has 0 aromatic heterocycles. The summed E-state index contributed by atoms with van der Waals surface area (Å²) < 4.78 is 11.3. The molecule has 0 aliphatic carbocycles. The number of hydrogen-bond donors (Lipinski definition) is 0. The van der Waals surface area contributed by atoms with E-state index in [2.05, 4.69) is 62.4 Å². The van der Waals surface area contributed by atoms with E-state index >= 15 is 0 Å². The normalized spacial score (nSPS) is 10.9. The summed E-state index contributed by atoms with van der Waals surface area (Å²) in [6.07, 6.45) is 3.00. The SMILES string of the molecule is CCCc1c(OC)c(OC)cc2cc(Cc3ccccc3)c(C)cc12. The van der Waals surface area contributed by atoms with Crippen molar-refractivity contribution in [3.8, 4) is 11.5 Å². The van der Waals surface area contributed by atoms with Crippen LogP contribution in [-0.4, -0.2) is 14.2 Å². The number of rotatable bonds is 6. The summed E-state index contributed by atoms with van der Waals surface area (Å²) in [4.78, 5) is 0. The second kappa shape index (κ2) is 7.60. The molecule has 0 saturated carbocycles. The molecule has 3 rings (SSSR count). The Morgan fingerprint density at radius 3 is 2.32 bits per heavy atom. The van der Waals surface area contributed by atoms with Crippen molar-refractivity contribution in [2.24, 2.45) is 0 Å². The van der Waals surface area contributed by atoms with Crippen LogP contribution >= 0.6 is 0 Å². The summed E-state index contributed by atoms with van der Waals surface area (Å²) in [5.74, 6) is 1.68. The molecule has 0 saturated heterocycles. The van der Waals surface area contributed by atoms with Gasteiger partial charge in [-0.25, -0.2) is 0 Å². The van der Waals surface area contributed by atoms with Crippen molar-refractivity contribution in [2.45, 2.75) is 33.1 Å². The molecule has 2 heteroatoms. The zero-order valence-electron chi connectivity index (χ0n) is 15.6. The van der Waals surface area contributed by atoms with Crippen LogP contribution in [0, 0.1) is 6.92 Å². The van der Waals surface area contributed by atoms with E-state index in [1.165, 1.54) is 33.0 Å². The van der Waals surface area contributed by atoms with Gasteiger partial charge in [-0.15, -0.1) is 0 Å². The highest BCUT2D eigenvalue weighted by Gasteiger charge is 2.16. The lowest BCUT2D eigenvalue weighted by Gasteiger charge is -2.17. The van der Waals surface area contributed by atoms with E-state index in [0.717, 1.165) is 30.8 Å². The highest BCUT2D eigenvalue weighted by molar-refractivity contribution is 5.91. The monoisotopic (exact) mass is 334 g/mol. The van der Waals surface area contributed by atoms with Crippen molar-refractivity contribution < 1.29 is 9.47 Å². The molecule has 0 aliphatic rings. The minimum absolute atomic E-state index is 0.813. The Hall–Kier alpha value is -2.48. The van der Waals surface area contributed by atoms with Gasteiger partial charge in [-0.05, 0) is 53.3 Å². The van der Waals surface area contributed by atoms with Gasteiger partial charge in [-0.2, -0.15) is 0 Å². The lowest BCUT2D eigenvalue weighted by molar-refractivity contribution is 0.352. The van der Waals surface area contributed by atoms with Crippen molar-refractivity contribution in [1.29, 1.82) is 0 Å². The Kier molecular flexibility index (Phi) is 5.28. The molecular weight excluding hydrogens is 308 g/mol. The predicted molar refractivity (Wildman–Crippen MR) is 105 cm³/mol. The van der Waals surface area contributed by atoms with Crippen LogP contribution in [0.2, 0.25) is 0 Å². The Balaban J connectivity index is 2.16. The molecule has 0 amide bonds. The van der Waals surface area contributed by atoms with Gasteiger partial charge in [-0.1, -0.05) is 55.8 Å². The van der Waals surface area contributed by atoms with Crippen molar-refractivity contribution in [3.63, 3.8) is 0 Å².